The second-order valence-corrected chi connectivity index (χ2v) is 4.47. The first-order valence-corrected chi connectivity index (χ1v) is 4.60. The van der Waals surface area contributed by atoms with Crippen molar-refractivity contribution in [3.05, 3.63) is 0 Å². The van der Waals surface area contributed by atoms with Gasteiger partial charge < -0.3 is 0 Å². The Morgan fingerprint density at radius 3 is 1.40 bits per heavy atom. The van der Waals surface area contributed by atoms with Crippen LogP contribution in [0, 0.1) is 11.8 Å². The molecule has 0 heterocycles. The smallest absolute Gasteiger partial charge is 0.0340 e. The van der Waals surface area contributed by atoms with Gasteiger partial charge in [0.1, 0.15) is 0 Å². The Morgan fingerprint density at radius 2 is 1.20 bits per heavy atom. The third-order valence-corrected chi connectivity index (χ3v) is 1.81. The fraction of sp³-hybridized carbons (Fsp3) is 1.00. The SMILES string of the molecule is CC(C)CC(Cl)CC(C)C. The molecule has 0 unspecified atom stereocenters. The van der Waals surface area contributed by atoms with Gasteiger partial charge >= 0.3 is 0 Å². The van der Waals surface area contributed by atoms with Crippen molar-refractivity contribution in [2.24, 2.45) is 11.8 Å². The van der Waals surface area contributed by atoms with Crippen molar-refractivity contribution in [2.75, 3.05) is 0 Å². The molecule has 0 spiro atoms. The highest BCUT2D eigenvalue weighted by Crippen LogP contribution is 2.17. The van der Waals surface area contributed by atoms with E-state index in [2.05, 4.69) is 27.7 Å². The van der Waals surface area contributed by atoms with Gasteiger partial charge in [-0.15, -0.1) is 11.6 Å². The Labute approximate surface area is 70.0 Å². The molecule has 0 bridgehead atoms. The highest BCUT2D eigenvalue weighted by atomic mass is 35.5. The molecule has 0 saturated heterocycles. The van der Waals surface area contributed by atoms with Crippen LogP contribution in [0.3, 0.4) is 0 Å². The topological polar surface area (TPSA) is 0 Å². The van der Waals surface area contributed by atoms with E-state index in [4.69, 9.17) is 11.6 Å². The minimum atomic E-state index is 0.389. The first-order chi connectivity index (χ1) is 4.52. The van der Waals surface area contributed by atoms with Crippen LogP contribution in [-0.2, 0) is 0 Å². The molecule has 0 radical (unpaired) electrons. The molecule has 0 aromatic rings. The zero-order chi connectivity index (χ0) is 8.15. The fourth-order valence-corrected chi connectivity index (χ4v) is 1.83. The average molecular weight is 163 g/mol. The van der Waals surface area contributed by atoms with Crippen LogP contribution in [0.15, 0.2) is 0 Å². The normalized spacial score (nSPS) is 12.0. The lowest BCUT2D eigenvalue weighted by atomic mass is 10.0. The quantitative estimate of drug-likeness (QED) is 0.554. The standard InChI is InChI=1S/C9H19Cl/c1-7(2)5-9(10)6-8(3)4/h7-9H,5-6H2,1-4H3. The van der Waals surface area contributed by atoms with Gasteiger partial charge in [0, 0.05) is 5.38 Å². The van der Waals surface area contributed by atoms with E-state index in [0.717, 1.165) is 24.7 Å². The average Bonchev–Trinajstić information content (AvgIpc) is 1.58. The van der Waals surface area contributed by atoms with Crippen molar-refractivity contribution in [3.63, 3.8) is 0 Å². The van der Waals surface area contributed by atoms with Gasteiger partial charge in [0.2, 0.25) is 0 Å². The summed E-state index contributed by atoms with van der Waals surface area (Å²) in [7, 11) is 0. The number of alkyl halides is 1. The Morgan fingerprint density at radius 1 is 0.900 bits per heavy atom. The lowest BCUT2D eigenvalue weighted by Crippen LogP contribution is -2.06. The Kier molecular flexibility index (Phi) is 5.15. The van der Waals surface area contributed by atoms with Gasteiger partial charge in [0.15, 0.2) is 0 Å². The molecular formula is C9H19Cl. The second kappa shape index (κ2) is 5.01. The molecule has 0 saturated carbocycles. The summed E-state index contributed by atoms with van der Waals surface area (Å²) in [5.74, 6) is 1.47. The lowest BCUT2D eigenvalue weighted by Gasteiger charge is -2.13. The van der Waals surface area contributed by atoms with Crippen LogP contribution < -0.4 is 0 Å². The van der Waals surface area contributed by atoms with Crippen molar-refractivity contribution in [1.82, 2.24) is 0 Å². The molecule has 0 aliphatic rings. The van der Waals surface area contributed by atoms with Crippen LogP contribution in [0.4, 0.5) is 0 Å². The molecule has 10 heavy (non-hydrogen) atoms. The van der Waals surface area contributed by atoms with E-state index in [1.165, 1.54) is 0 Å². The van der Waals surface area contributed by atoms with Crippen LogP contribution in [0.5, 0.6) is 0 Å². The van der Waals surface area contributed by atoms with E-state index in [1.807, 2.05) is 0 Å². The summed E-state index contributed by atoms with van der Waals surface area (Å²) in [6.45, 7) is 8.87. The van der Waals surface area contributed by atoms with Crippen molar-refractivity contribution in [3.8, 4) is 0 Å². The van der Waals surface area contributed by atoms with Crippen LogP contribution in [-0.4, -0.2) is 5.38 Å². The predicted octanol–water partition coefficient (Wildman–Crippen LogP) is 3.69. The molecular weight excluding hydrogens is 144 g/mol. The highest BCUT2D eigenvalue weighted by Gasteiger charge is 2.08. The van der Waals surface area contributed by atoms with E-state index in [9.17, 15) is 0 Å². The zero-order valence-corrected chi connectivity index (χ0v) is 8.28. The van der Waals surface area contributed by atoms with Gasteiger partial charge in [-0.05, 0) is 24.7 Å². The number of hydrogen-bond acceptors (Lipinski definition) is 0. The maximum absolute atomic E-state index is 6.07. The van der Waals surface area contributed by atoms with Gasteiger partial charge in [-0.1, -0.05) is 27.7 Å². The summed E-state index contributed by atoms with van der Waals surface area (Å²) in [6.07, 6.45) is 2.31. The summed E-state index contributed by atoms with van der Waals surface area (Å²) in [6, 6.07) is 0. The van der Waals surface area contributed by atoms with Crippen molar-refractivity contribution in [2.45, 2.75) is 45.9 Å². The Balaban J connectivity index is 3.34. The fourth-order valence-electron chi connectivity index (χ4n) is 1.12. The molecule has 0 aliphatic carbocycles. The molecule has 0 nitrogen and oxygen atoms in total. The van der Waals surface area contributed by atoms with Crippen molar-refractivity contribution in [1.29, 1.82) is 0 Å². The van der Waals surface area contributed by atoms with Crippen LogP contribution >= 0.6 is 11.6 Å². The maximum atomic E-state index is 6.07. The number of rotatable bonds is 4. The molecule has 0 amide bonds. The van der Waals surface area contributed by atoms with E-state index in [-0.39, 0.29) is 0 Å². The first kappa shape index (κ1) is 10.3. The molecule has 62 valence electrons. The van der Waals surface area contributed by atoms with Crippen molar-refractivity contribution < 1.29 is 0 Å². The predicted molar refractivity (Wildman–Crippen MR) is 48.6 cm³/mol. The monoisotopic (exact) mass is 162 g/mol. The Bertz CT molecular complexity index is 66.8. The summed E-state index contributed by atoms with van der Waals surface area (Å²) in [4.78, 5) is 0. The summed E-state index contributed by atoms with van der Waals surface area (Å²) < 4.78 is 0. The minimum absolute atomic E-state index is 0.389. The highest BCUT2D eigenvalue weighted by molar-refractivity contribution is 6.20. The minimum Gasteiger partial charge on any atom is -0.123 e. The van der Waals surface area contributed by atoms with E-state index in [1.54, 1.807) is 0 Å². The van der Waals surface area contributed by atoms with Gasteiger partial charge in [-0.3, -0.25) is 0 Å². The molecule has 0 aromatic heterocycles. The first-order valence-electron chi connectivity index (χ1n) is 4.16. The second-order valence-electron chi connectivity index (χ2n) is 3.86. The number of halogens is 1. The van der Waals surface area contributed by atoms with Crippen LogP contribution in [0.25, 0.3) is 0 Å². The molecule has 0 fully saturated rings. The molecule has 0 aromatic carbocycles. The Hall–Kier alpha value is 0.290. The van der Waals surface area contributed by atoms with Gasteiger partial charge in [-0.2, -0.15) is 0 Å². The maximum Gasteiger partial charge on any atom is 0.0340 e. The summed E-state index contributed by atoms with van der Waals surface area (Å²) in [5.41, 5.74) is 0. The molecule has 0 rings (SSSR count). The zero-order valence-electron chi connectivity index (χ0n) is 7.52. The van der Waals surface area contributed by atoms with E-state index in [0.29, 0.717) is 5.38 Å². The van der Waals surface area contributed by atoms with Crippen LogP contribution in [0.2, 0.25) is 0 Å². The van der Waals surface area contributed by atoms with Crippen LogP contribution in [0.1, 0.15) is 40.5 Å². The molecule has 0 atom stereocenters. The summed E-state index contributed by atoms with van der Waals surface area (Å²) in [5, 5.41) is 0.389. The summed E-state index contributed by atoms with van der Waals surface area (Å²) >= 11 is 6.07. The van der Waals surface area contributed by atoms with Gasteiger partial charge in [-0.25, -0.2) is 0 Å². The van der Waals surface area contributed by atoms with Crippen molar-refractivity contribution >= 4 is 11.6 Å². The lowest BCUT2D eigenvalue weighted by molar-refractivity contribution is 0.487. The molecule has 0 aliphatic heterocycles. The van der Waals surface area contributed by atoms with E-state index < -0.39 is 0 Å². The third-order valence-electron chi connectivity index (χ3n) is 1.45. The molecule has 0 N–H and O–H groups in total. The largest absolute Gasteiger partial charge is 0.123 e. The molecule has 1 heteroatoms. The number of hydrogen-bond donors (Lipinski definition) is 0. The third kappa shape index (κ3) is 6.41. The van der Waals surface area contributed by atoms with Gasteiger partial charge in [0.25, 0.3) is 0 Å². The van der Waals surface area contributed by atoms with Gasteiger partial charge in [0.05, 0.1) is 0 Å². The van der Waals surface area contributed by atoms with E-state index >= 15 is 0 Å².